The Morgan fingerprint density at radius 1 is 1.42 bits per heavy atom. The molecule has 0 saturated carbocycles. The SMILES string of the molecule is Cc1c(Br)cccc1C=CCNC(=O)OC(C)(C)C. The van der Waals surface area contributed by atoms with Gasteiger partial charge in [0.15, 0.2) is 0 Å². The number of nitrogens with one attached hydrogen (secondary N) is 1. The van der Waals surface area contributed by atoms with E-state index in [9.17, 15) is 4.79 Å². The highest BCUT2D eigenvalue weighted by Crippen LogP contribution is 2.20. The summed E-state index contributed by atoms with van der Waals surface area (Å²) in [4.78, 5) is 11.4. The minimum atomic E-state index is -0.464. The van der Waals surface area contributed by atoms with E-state index in [4.69, 9.17) is 4.74 Å². The number of carbonyl (C=O) groups is 1. The van der Waals surface area contributed by atoms with Crippen molar-refractivity contribution in [1.29, 1.82) is 0 Å². The van der Waals surface area contributed by atoms with E-state index in [0.717, 1.165) is 10.0 Å². The fourth-order valence-corrected chi connectivity index (χ4v) is 1.83. The third-order valence-corrected chi connectivity index (χ3v) is 3.23. The van der Waals surface area contributed by atoms with E-state index in [1.807, 2.05) is 58.0 Å². The molecule has 1 amide bonds. The van der Waals surface area contributed by atoms with Crippen molar-refractivity contribution in [2.45, 2.75) is 33.3 Å². The molecule has 0 bridgehead atoms. The molecule has 19 heavy (non-hydrogen) atoms. The molecule has 4 heteroatoms. The molecule has 3 nitrogen and oxygen atoms in total. The lowest BCUT2D eigenvalue weighted by Gasteiger charge is -2.19. The highest BCUT2D eigenvalue weighted by Gasteiger charge is 2.14. The van der Waals surface area contributed by atoms with Gasteiger partial charge in [-0.1, -0.05) is 40.2 Å². The lowest BCUT2D eigenvalue weighted by atomic mass is 10.1. The molecule has 0 radical (unpaired) electrons. The summed E-state index contributed by atoms with van der Waals surface area (Å²) in [6, 6.07) is 6.02. The number of ether oxygens (including phenoxy) is 1. The Labute approximate surface area is 123 Å². The maximum absolute atomic E-state index is 11.4. The van der Waals surface area contributed by atoms with Gasteiger partial charge < -0.3 is 10.1 Å². The Balaban J connectivity index is 2.47. The van der Waals surface area contributed by atoms with Crippen LogP contribution in [0.5, 0.6) is 0 Å². The van der Waals surface area contributed by atoms with Gasteiger partial charge in [-0.3, -0.25) is 0 Å². The number of alkyl carbamates (subject to hydrolysis) is 1. The number of rotatable bonds is 3. The fraction of sp³-hybridized carbons (Fsp3) is 0.400. The summed E-state index contributed by atoms with van der Waals surface area (Å²) in [6.45, 7) is 8.01. The van der Waals surface area contributed by atoms with Crippen molar-refractivity contribution in [1.82, 2.24) is 5.32 Å². The third-order valence-electron chi connectivity index (χ3n) is 2.37. The minimum absolute atomic E-state index is 0.400. The highest BCUT2D eigenvalue weighted by molar-refractivity contribution is 9.10. The summed E-state index contributed by atoms with van der Waals surface area (Å²) in [5, 5.41) is 2.68. The number of carbonyl (C=O) groups excluding carboxylic acids is 1. The molecule has 0 fully saturated rings. The zero-order valence-corrected chi connectivity index (χ0v) is 13.4. The monoisotopic (exact) mass is 325 g/mol. The van der Waals surface area contributed by atoms with Crippen LogP contribution < -0.4 is 5.32 Å². The Kier molecular flexibility index (Phi) is 5.60. The standard InChI is InChI=1S/C15H20BrNO2/c1-11-12(7-5-9-13(11)16)8-6-10-17-14(18)19-15(2,3)4/h5-9H,10H2,1-4H3,(H,17,18). The molecule has 1 rings (SSSR count). The number of hydrogen-bond acceptors (Lipinski definition) is 2. The van der Waals surface area contributed by atoms with Crippen molar-refractivity contribution in [3.63, 3.8) is 0 Å². The van der Waals surface area contributed by atoms with Crippen LogP contribution in [0.2, 0.25) is 0 Å². The largest absolute Gasteiger partial charge is 0.444 e. The third kappa shape index (κ3) is 5.92. The van der Waals surface area contributed by atoms with E-state index in [0.29, 0.717) is 6.54 Å². The van der Waals surface area contributed by atoms with E-state index in [2.05, 4.69) is 21.2 Å². The molecule has 0 aliphatic rings. The molecule has 104 valence electrons. The van der Waals surface area contributed by atoms with Gasteiger partial charge >= 0.3 is 6.09 Å². The molecule has 0 aliphatic heterocycles. The number of hydrogen-bond donors (Lipinski definition) is 1. The zero-order valence-electron chi connectivity index (χ0n) is 11.8. The van der Waals surface area contributed by atoms with Crippen LogP contribution >= 0.6 is 15.9 Å². The van der Waals surface area contributed by atoms with Crippen molar-refractivity contribution in [2.24, 2.45) is 0 Å². The molecule has 0 unspecified atom stereocenters. The summed E-state index contributed by atoms with van der Waals surface area (Å²) < 4.78 is 6.22. The van der Waals surface area contributed by atoms with E-state index in [1.54, 1.807) is 0 Å². The van der Waals surface area contributed by atoms with Crippen LogP contribution in [0, 0.1) is 6.92 Å². The predicted octanol–water partition coefficient (Wildman–Crippen LogP) is 4.30. The second kappa shape index (κ2) is 6.75. The Morgan fingerprint density at radius 3 is 2.74 bits per heavy atom. The second-order valence-electron chi connectivity index (χ2n) is 5.24. The molecule has 1 aromatic rings. The average molecular weight is 326 g/mol. The normalized spacial score (nSPS) is 11.6. The first-order valence-corrected chi connectivity index (χ1v) is 6.97. The van der Waals surface area contributed by atoms with Gasteiger partial charge in [-0.05, 0) is 44.9 Å². The van der Waals surface area contributed by atoms with Crippen LogP contribution in [0.3, 0.4) is 0 Å². The van der Waals surface area contributed by atoms with Crippen LogP contribution in [0.4, 0.5) is 4.79 Å². The van der Waals surface area contributed by atoms with E-state index in [1.165, 1.54) is 5.56 Å². The minimum Gasteiger partial charge on any atom is -0.444 e. The summed E-state index contributed by atoms with van der Waals surface area (Å²) in [6.07, 6.45) is 3.49. The first-order valence-electron chi connectivity index (χ1n) is 6.18. The fourth-order valence-electron chi connectivity index (χ4n) is 1.45. The summed E-state index contributed by atoms with van der Waals surface area (Å²) >= 11 is 3.49. The number of amides is 1. The first-order chi connectivity index (χ1) is 8.79. The van der Waals surface area contributed by atoms with Crippen LogP contribution in [0.25, 0.3) is 6.08 Å². The van der Waals surface area contributed by atoms with Crippen LogP contribution in [0.1, 0.15) is 31.9 Å². The van der Waals surface area contributed by atoms with Gasteiger partial charge in [0.2, 0.25) is 0 Å². The van der Waals surface area contributed by atoms with Gasteiger partial charge in [0, 0.05) is 11.0 Å². The van der Waals surface area contributed by atoms with Gasteiger partial charge in [0.25, 0.3) is 0 Å². The molecule has 0 heterocycles. The second-order valence-corrected chi connectivity index (χ2v) is 6.09. The van der Waals surface area contributed by atoms with Gasteiger partial charge in [-0.25, -0.2) is 4.79 Å². The van der Waals surface area contributed by atoms with Gasteiger partial charge in [-0.15, -0.1) is 0 Å². The zero-order chi connectivity index (χ0) is 14.5. The van der Waals surface area contributed by atoms with E-state index >= 15 is 0 Å². The lowest BCUT2D eigenvalue weighted by Crippen LogP contribution is -2.32. The topological polar surface area (TPSA) is 38.3 Å². The Morgan fingerprint density at radius 2 is 2.11 bits per heavy atom. The molecule has 1 N–H and O–H groups in total. The molecule has 1 aromatic carbocycles. The van der Waals surface area contributed by atoms with Crippen LogP contribution in [-0.2, 0) is 4.74 Å². The van der Waals surface area contributed by atoms with Gasteiger partial charge in [0.1, 0.15) is 5.60 Å². The lowest BCUT2D eigenvalue weighted by molar-refractivity contribution is 0.0534. The smallest absolute Gasteiger partial charge is 0.407 e. The molecule has 0 aliphatic carbocycles. The summed E-state index contributed by atoms with van der Waals surface area (Å²) in [5.41, 5.74) is 1.84. The molecular weight excluding hydrogens is 306 g/mol. The van der Waals surface area contributed by atoms with Crippen molar-refractivity contribution in [3.05, 3.63) is 39.9 Å². The Hall–Kier alpha value is -1.29. The molecule has 0 spiro atoms. The first kappa shape index (κ1) is 15.8. The predicted molar refractivity (Wildman–Crippen MR) is 82.1 cm³/mol. The van der Waals surface area contributed by atoms with E-state index < -0.39 is 11.7 Å². The molecular formula is C15H20BrNO2. The number of benzene rings is 1. The average Bonchev–Trinajstić information content (AvgIpc) is 2.27. The molecule has 0 atom stereocenters. The van der Waals surface area contributed by atoms with Crippen molar-refractivity contribution >= 4 is 28.1 Å². The number of halogens is 1. The summed E-state index contributed by atoms with van der Waals surface area (Å²) in [7, 11) is 0. The molecule has 0 saturated heterocycles. The van der Waals surface area contributed by atoms with Crippen molar-refractivity contribution < 1.29 is 9.53 Å². The van der Waals surface area contributed by atoms with E-state index in [-0.39, 0.29) is 0 Å². The maximum atomic E-state index is 11.4. The Bertz CT molecular complexity index is 476. The van der Waals surface area contributed by atoms with Gasteiger partial charge in [-0.2, -0.15) is 0 Å². The van der Waals surface area contributed by atoms with Crippen molar-refractivity contribution in [3.8, 4) is 0 Å². The highest BCUT2D eigenvalue weighted by atomic mass is 79.9. The van der Waals surface area contributed by atoms with Crippen LogP contribution in [-0.4, -0.2) is 18.2 Å². The maximum Gasteiger partial charge on any atom is 0.407 e. The summed E-state index contributed by atoms with van der Waals surface area (Å²) in [5.74, 6) is 0. The van der Waals surface area contributed by atoms with Crippen LogP contribution in [0.15, 0.2) is 28.7 Å². The van der Waals surface area contributed by atoms with Gasteiger partial charge in [0.05, 0.1) is 0 Å². The molecule has 0 aromatic heterocycles. The van der Waals surface area contributed by atoms with Crippen molar-refractivity contribution in [2.75, 3.05) is 6.54 Å². The quantitative estimate of drug-likeness (QED) is 0.899.